The Kier molecular flexibility index (Phi) is 4.57. The van der Waals surface area contributed by atoms with Gasteiger partial charge in [0.15, 0.2) is 11.6 Å². The summed E-state index contributed by atoms with van der Waals surface area (Å²) in [5.74, 6) is 1.30. The summed E-state index contributed by atoms with van der Waals surface area (Å²) in [5, 5.41) is 0.237. The molecule has 2 aliphatic rings. The Bertz CT molecular complexity index is 922. The average molecular weight is 348 g/mol. The quantitative estimate of drug-likeness (QED) is 0.719. The number of allylic oxidation sites excluding steroid dienone is 8. The van der Waals surface area contributed by atoms with E-state index in [1.807, 2.05) is 18.2 Å². The van der Waals surface area contributed by atoms with Gasteiger partial charge in [-0.2, -0.15) is 9.97 Å². The molecule has 0 saturated heterocycles. The van der Waals surface area contributed by atoms with Crippen LogP contribution in [0.2, 0.25) is 5.28 Å². The Balaban J connectivity index is 1.73. The first-order chi connectivity index (χ1) is 12.3. The zero-order valence-electron chi connectivity index (χ0n) is 13.8. The minimum atomic E-state index is 0.237. The van der Waals surface area contributed by atoms with Crippen molar-refractivity contribution in [3.63, 3.8) is 0 Å². The number of hydrogen-bond donors (Lipinski definition) is 0. The van der Waals surface area contributed by atoms with E-state index in [9.17, 15) is 0 Å². The predicted octanol–water partition coefficient (Wildman–Crippen LogP) is 5.66. The first-order valence-corrected chi connectivity index (χ1v) is 8.91. The van der Waals surface area contributed by atoms with Crippen molar-refractivity contribution in [1.29, 1.82) is 0 Å². The van der Waals surface area contributed by atoms with Gasteiger partial charge in [0.2, 0.25) is 5.28 Å². The van der Waals surface area contributed by atoms with Crippen LogP contribution in [-0.2, 0) is 0 Å². The highest BCUT2D eigenvalue weighted by atomic mass is 35.5. The van der Waals surface area contributed by atoms with Gasteiger partial charge in [-0.3, -0.25) is 0 Å². The lowest BCUT2D eigenvalue weighted by atomic mass is 9.96. The van der Waals surface area contributed by atoms with Gasteiger partial charge in [0.25, 0.3) is 0 Å². The largest absolute Gasteiger partial charge is 0.226 e. The molecule has 0 amide bonds. The second-order valence-electron chi connectivity index (χ2n) is 6.15. The fraction of sp³-hybridized carbons (Fsp3) is 0.190. The van der Waals surface area contributed by atoms with Gasteiger partial charge >= 0.3 is 0 Å². The van der Waals surface area contributed by atoms with Gasteiger partial charge in [0, 0.05) is 5.56 Å². The molecule has 25 heavy (non-hydrogen) atoms. The molecule has 1 aromatic carbocycles. The summed E-state index contributed by atoms with van der Waals surface area (Å²) in [6.45, 7) is 0. The number of nitrogens with zero attached hydrogens (tertiary/aromatic N) is 3. The molecule has 0 radical (unpaired) electrons. The fourth-order valence-corrected chi connectivity index (χ4v) is 3.27. The van der Waals surface area contributed by atoms with E-state index in [1.54, 1.807) is 0 Å². The summed E-state index contributed by atoms with van der Waals surface area (Å²) in [4.78, 5) is 13.3. The highest BCUT2D eigenvalue weighted by Gasteiger charge is 2.13. The van der Waals surface area contributed by atoms with Crippen LogP contribution in [-0.4, -0.2) is 15.0 Å². The van der Waals surface area contributed by atoms with E-state index in [2.05, 4.69) is 57.5 Å². The maximum Gasteiger partial charge on any atom is 0.226 e. The first kappa shape index (κ1) is 16.0. The number of hydrogen-bond acceptors (Lipinski definition) is 3. The van der Waals surface area contributed by atoms with E-state index in [-0.39, 0.29) is 5.28 Å². The molecule has 1 heterocycles. The standard InChI is InChI=1S/C21H18ClN3/c22-21-24-19(16-10-5-2-6-11-16)23-20(25-21)18-13-7-12-17(14-18)15-8-3-1-4-9-15/h1-3,5,7-8,10,12-14H,4,6,9,11H2. The molecule has 0 fully saturated rings. The molecule has 0 N–H and O–H groups in total. The zero-order chi connectivity index (χ0) is 17.1. The lowest BCUT2D eigenvalue weighted by Gasteiger charge is -2.12. The zero-order valence-corrected chi connectivity index (χ0v) is 14.6. The molecule has 4 rings (SSSR count). The minimum Gasteiger partial charge on any atom is -0.208 e. The highest BCUT2D eigenvalue weighted by Crippen LogP contribution is 2.28. The van der Waals surface area contributed by atoms with Crippen molar-refractivity contribution in [2.75, 3.05) is 0 Å². The van der Waals surface area contributed by atoms with Gasteiger partial charge in [0.05, 0.1) is 0 Å². The number of halogens is 1. The molecule has 124 valence electrons. The van der Waals surface area contributed by atoms with Crippen molar-refractivity contribution in [2.45, 2.75) is 25.7 Å². The molecule has 0 bridgehead atoms. The number of rotatable bonds is 3. The Morgan fingerprint density at radius 2 is 1.44 bits per heavy atom. The molecular weight excluding hydrogens is 330 g/mol. The third-order valence-electron chi connectivity index (χ3n) is 4.41. The van der Waals surface area contributed by atoms with E-state index in [1.165, 1.54) is 11.1 Å². The van der Waals surface area contributed by atoms with Crippen molar-refractivity contribution in [3.05, 3.63) is 77.4 Å². The van der Waals surface area contributed by atoms with E-state index in [0.717, 1.165) is 36.8 Å². The minimum absolute atomic E-state index is 0.237. The van der Waals surface area contributed by atoms with E-state index >= 15 is 0 Å². The Morgan fingerprint density at radius 3 is 2.16 bits per heavy atom. The summed E-state index contributed by atoms with van der Waals surface area (Å²) in [6, 6.07) is 8.33. The number of aromatic nitrogens is 3. The van der Waals surface area contributed by atoms with Crippen molar-refractivity contribution < 1.29 is 0 Å². The summed E-state index contributed by atoms with van der Waals surface area (Å²) in [7, 11) is 0. The lowest BCUT2D eigenvalue weighted by Crippen LogP contribution is -2.01. The van der Waals surface area contributed by atoms with Crippen LogP contribution in [0.1, 0.15) is 37.1 Å². The molecular formula is C21H18ClN3. The molecule has 2 aliphatic carbocycles. The molecule has 2 aromatic rings. The second-order valence-corrected chi connectivity index (χ2v) is 6.49. The maximum absolute atomic E-state index is 6.18. The van der Waals surface area contributed by atoms with Crippen LogP contribution in [0.5, 0.6) is 0 Å². The van der Waals surface area contributed by atoms with Crippen LogP contribution >= 0.6 is 11.6 Å². The topological polar surface area (TPSA) is 38.7 Å². The Morgan fingerprint density at radius 1 is 0.760 bits per heavy atom. The van der Waals surface area contributed by atoms with Crippen LogP contribution in [0.25, 0.3) is 22.5 Å². The van der Waals surface area contributed by atoms with Crippen LogP contribution < -0.4 is 0 Å². The van der Waals surface area contributed by atoms with E-state index in [0.29, 0.717) is 11.6 Å². The van der Waals surface area contributed by atoms with Crippen molar-refractivity contribution in [3.8, 4) is 11.4 Å². The third kappa shape index (κ3) is 3.62. The summed E-state index contributed by atoms with van der Waals surface area (Å²) in [6.07, 6.45) is 16.8. The van der Waals surface area contributed by atoms with Crippen molar-refractivity contribution in [2.24, 2.45) is 0 Å². The fourth-order valence-electron chi connectivity index (χ4n) is 3.11. The third-order valence-corrected chi connectivity index (χ3v) is 4.58. The average Bonchev–Trinajstić information content (AvgIpc) is 2.69. The monoisotopic (exact) mass is 347 g/mol. The SMILES string of the molecule is Clc1nc(C2=CC=CCC2)nc(-c2cccc(C3=CC=CCC3)c2)n1. The van der Waals surface area contributed by atoms with Gasteiger partial charge in [0.1, 0.15) is 0 Å². The molecule has 1 aromatic heterocycles. The molecule has 4 heteroatoms. The second kappa shape index (κ2) is 7.16. The Labute approximate surface area is 152 Å². The van der Waals surface area contributed by atoms with Crippen LogP contribution in [0, 0.1) is 0 Å². The van der Waals surface area contributed by atoms with Crippen molar-refractivity contribution >= 4 is 22.7 Å². The van der Waals surface area contributed by atoms with Crippen molar-refractivity contribution in [1.82, 2.24) is 15.0 Å². The van der Waals surface area contributed by atoms with E-state index < -0.39 is 0 Å². The van der Waals surface area contributed by atoms with Crippen LogP contribution in [0.15, 0.2) is 60.7 Å². The molecule has 0 saturated carbocycles. The van der Waals surface area contributed by atoms with Gasteiger partial charge in [-0.25, -0.2) is 4.98 Å². The van der Waals surface area contributed by atoms with Crippen LogP contribution in [0.3, 0.4) is 0 Å². The molecule has 0 atom stereocenters. The van der Waals surface area contributed by atoms with E-state index in [4.69, 9.17) is 11.6 Å². The lowest BCUT2D eigenvalue weighted by molar-refractivity contribution is 0.972. The first-order valence-electron chi connectivity index (χ1n) is 8.54. The highest BCUT2D eigenvalue weighted by molar-refractivity contribution is 6.28. The molecule has 3 nitrogen and oxygen atoms in total. The Hall–Kier alpha value is -2.52. The van der Waals surface area contributed by atoms with Gasteiger partial charge in [-0.05, 0) is 60.1 Å². The molecule has 0 aliphatic heterocycles. The van der Waals surface area contributed by atoms with Gasteiger partial charge in [-0.15, -0.1) is 0 Å². The van der Waals surface area contributed by atoms with Gasteiger partial charge in [-0.1, -0.05) is 54.7 Å². The smallest absolute Gasteiger partial charge is 0.208 e. The molecule has 0 unspecified atom stereocenters. The molecule has 0 spiro atoms. The predicted molar refractivity (Wildman–Crippen MR) is 103 cm³/mol. The van der Waals surface area contributed by atoms with Crippen LogP contribution in [0.4, 0.5) is 0 Å². The number of benzene rings is 1. The summed E-state index contributed by atoms with van der Waals surface area (Å²) in [5.41, 5.74) is 4.61. The summed E-state index contributed by atoms with van der Waals surface area (Å²) >= 11 is 6.18. The normalized spacial score (nSPS) is 16.5. The summed E-state index contributed by atoms with van der Waals surface area (Å²) < 4.78 is 0. The van der Waals surface area contributed by atoms with Gasteiger partial charge < -0.3 is 0 Å². The maximum atomic E-state index is 6.18.